The molecule has 0 saturated carbocycles. The van der Waals surface area contributed by atoms with Crippen LogP contribution in [0.5, 0.6) is 5.75 Å². The average Bonchev–Trinajstić information content (AvgIpc) is 3.16. The lowest BCUT2D eigenvalue weighted by atomic mass is 9.94. The van der Waals surface area contributed by atoms with Crippen molar-refractivity contribution < 1.29 is 18.3 Å². The van der Waals surface area contributed by atoms with Gasteiger partial charge in [-0.25, -0.2) is 13.8 Å². The zero-order valence-electron chi connectivity index (χ0n) is 19.2. The van der Waals surface area contributed by atoms with E-state index in [0.717, 1.165) is 28.0 Å². The molecule has 4 rings (SSSR count). The molecule has 5 heteroatoms. The standard InChI is InChI=1S/C25H23F2NO2.C2H6/c1-4-29-19-11-8-17(9-12-19)18-10-13-20(15(2)14-18)24-16(3)30-25(28-24)23-21(26)6-5-7-22(23)27;1-2/h5-14,16,24H,4H2,1-3H3;1-2H3/t16-,24-;/m1./s1. The number of ether oxygens (including phenoxy) is 2. The van der Waals surface area contributed by atoms with Crippen LogP contribution in [0.15, 0.2) is 65.7 Å². The molecule has 0 unspecified atom stereocenters. The first-order chi connectivity index (χ1) is 15.5. The summed E-state index contributed by atoms with van der Waals surface area (Å²) in [6.07, 6.45) is -0.325. The summed E-state index contributed by atoms with van der Waals surface area (Å²) >= 11 is 0. The Morgan fingerprint density at radius 3 is 2.16 bits per heavy atom. The van der Waals surface area contributed by atoms with Gasteiger partial charge in [0.05, 0.1) is 6.61 Å². The summed E-state index contributed by atoms with van der Waals surface area (Å²) in [4.78, 5) is 4.52. The van der Waals surface area contributed by atoms with E-state index in [2.05, 4.69) is 11.1 Å². The van der Waals surface area contributed by atoms with Gasteiger partial charge < -0.3 is 9.47 Å². The van der Waals surface area contributed by atoms with Gasteiger partial charge in [0.1, 0.15) is 35.1 Å². The van der Waals surface area contributed by atoms with Gasteiger partial charge in [0.2, 0.25) is 5.90 Å². The Labute approximate surface area is 188 Å². The molecule has 0 amide bonds. The van der Waals surface area contributed by atoms with Crippen molar-refractivity contribution in [1.29, 1.82) is 0 Å². The second kappa shape index (κ2) is 10.4. The third-order valence-electron chi connectivity index (χ3n) is 5.26. The number of hydrogen-bond acceptors (Lipinski definition) is 3. The van der Waals surface area contributed by atoms with E-state index in [1.54, 1.807) is 0 Å². The molecule has 0 aromatic heterocycles. The van der Waals surface area contributed by atoms with E-state index < -0.39 is 11.6 Å². The summed E-state index contributed by atoms with van der Waals surface area (Å²) < 4.78 is 39.5. The summed E-state index contributed by atoms with van der Waals surface area (Å²) in [5, 5.41) is 0. The van der Waals surface area contributed by atoms with Crippen LogP contribution in [0.1, 0.15) is 50.4 Å². The molecule has 1 aliphatic heterocycles. The Kier molecular flexibility index (Phi) is 7.62. The van der Waals surface area contributed by atoms with Crippen molar-refractivity contribution in [2.75, 3.05) is 6.61 Å². The lowest BCUT2D eigenvalue weighted by Gasteiger charge is -2.16. The average molecular weight is 438 g/mol. The van der Waals surface area contributed by atoms with Gasteiger partial charge in [-0.3, -0.25) is 0 Å². The highest BCUT2D eigenvalue weighted by molar-refractivity contribution is 5.96. The zero-order valence-corrected chi connectivity index (χ0v) is 19.2. The summed E-state index contributed by atoms with van der Waals surface area (Å²) in [5.41, 5.74) is 3.97. The number of nitrogens with zero attached hydrogens (tertiary/aromatic N) is 1. The molecule has 2 atom stereocenters. The first-order valence-electron chi connectivity index (χ1n) is 11.0. The maximum Gasteiger partial charge on any atom is 0.223 e. The molecule has 0 aliphatic carbocycles. The van der Waals surface area contributed by atoms with Gasteiger partial charge in [0.25, 0.3) is 0 Å². The number of hydrogen-bond donors (Lipinski definition) is 0. The molecule has 168 valence electrons. The second-order valence-electron chi connectivity index (χ2n) is 7.33. The fraction of sp³-hybridized carbons (Fsp3) is 0.296. The topological polar surface area (TPSA) is 30.8 Å². The van der Waals surface area contributed by atoms with Crippen LogP contribution in [0.25, 0.3) is 11.1 Å². The molecule has 1 aliphatic rings. The number of rotatable bonds is 5. The van der Waals surface area contributed by atoms with Crippen LogP contribution >= 0.6 is 0 Å². The molecule has 3 nitrogen and oxygen atoms in total. The number of aliphatic imine (C=N–C) groups is 1. The second-order valence-corrected chi connectivity index (χ2v) is 7.33. The van der Waals surface area contributed by atoms with Crippen LogP contribution in [0.4, 0.5) is 8.78 Å². The largest absolute Gasteiger partial charge is 0.494 e. The van der Waals surface area contributed by atoms with Gasteiger partial charge in [-0.2, -0.15) is 0 Å². The van der Waals surface area contributed by atoms with Crippen LogP contribution in [0.2, 0.25) is 0 Å². The van der Waals surface area contributed by atoms with Crippen molar-refractivity contribution in [3.63, 3.8) is 0 Å². The lowest BCUT2D eigenvalue weighted by Crippen LogP contribution is -2.14. The Morgan fingerprint density at radius 1 is 0.938 bits per heavy atom. The molecule has 32 heavy (non-hydrogen) atoms. The van der Waals surface area contributed by atoms with Crippen LogP contribution in [-0.4, -0.2) is 18.6 Å². The Morgan fingerprint density at radius 2 is 1.56 bits per heavy atom. The minimum absolute atomic E-state index is 0.0121. The number of aryl methyl sites for hydroxylation is 1. The molecule has 0 spiro atoms. The molecule has 0 saturated heterocycles. The minimum atomic E-state index is -0.677. The quantitative estimate of drug-likeness (QED) is 0.420. The Hall–Kier alpha value is -3.21. The van der Waals surface area contributed by atoms with Gasteiger partial charge in [0, 0.05) is 0 Å². The van der Waals surface area contributed by atoms with Crippen molar-refractivity contribution >= 4 is 5.90 Å². The van der Waals surface area contributed by atoms with Crippen molar-refractivity contribution in [3.8, 4) is 16.9 Å². The monoisotopic (exact) mass is 437 g/mol. The fourth-order valence-corrected chi connectivity index (χ4v) is 3.75. The maximum absolute atomic E-state index is 14.1. The van der Waals surface area contributed by atoms with Crippen LogP contribution in [-0.2, 0) is 4.74 Å². The van der Waals surface area contributed by atoms with E-state index in [9.17, 15) is 8.78 Å². The Bertz CT molecular complexity index is 1070. The van der Waals surface area contributed by atoms with Crippen LogP contribution in [0, 0.1) is 18.6 Å². The van der Waals surface area contributed by atoms with E-state index >= 15 is 0 Å². The van der Waals surface area contributed by atoms with E-state index in [1.165, 1.54) is 18.2 Å². The van der Waals surface area contributed by atoms with Crippen molar-refractivity contribution in [2.24, 2.45) is 4.99 Å². The molecule has 0 fully saturated rings. The fourth-order valence-electron chi connectivity index (χ4n) is 3.75. The third-order valence-corrected chi connectivity index (χ3v) is 5.26. The van der Waals surface area contributed by atoms with Gasteiger partial charge in [0.15, 0.2) is 0 Å². The number of halogens is 2. The van der Waals surface area contributed by atoms with Crippen LogP contribution in [0.3, 0.4) is 0 Å². The van der Waals surface area contributed by atoms with Crippen molar-refractivity contribution in [2.45, 2.75) is 46.8 Å². The van der Waals surface area contributed by atoms with Crippen molar-refractivity contribution in [1.82, 2.24) is 0 Å². The molecule has 0 radical (unpaired) electrons. The molecule has 3 aromatic carbocycles. The predicted molar refractivity (Wildman–Crippen MR) is 125 cm³/mol. The summed E-state index contributed by atoms with van der Waals surface area (Å²) in [6, 6.07) is 17.5. The SMILES string of the molecule is CC.CCOc1ccc(-c2ccc([C@@H]3N=C(c4c(F)cccc4F)O[C@@H]3C)c(C)c2)cc1. The van der Waals surface area contributed by atoms with E-state index in [-0.39, 0.29) is 23.6 Å². The molecule has 3 aromatic rings. The first-order valence-corrected chi connectivity index (χ1v) is 11.0. The molecular formula is C27H29F2NO2. The van der Waals surface area contributed by atoms with E-state index in [1.807, 2.05) is 71.0 Å². The summed E-state index contributed by atoms with van der Waals surface area (Å²) in [6.45, 7) is 10.5. The summed E-state index contributed by atoms with van der Waals surface area (Å²) in [7, 11) is 0. The van der Waals surface area contributed by atoms with Gasteiger partial charge in [-0.05, 0) is 67.3 Å². The van der Waals surface area contributed by atoms with Gasteiger partial charge in [-0.1, -0.05) is 50.2 Å². The zero-order chi connectivity index (χ0) is 23.3. The first kappa shape index (κ1) is 23.5. The molecule has 0 bridgehead atoms. The third kappa shape index (κ3) is 4.82. The summed E-state index contributed by atoms with van der Waals surface area (Å²) in [5.74, 6) is -0.500. The molecule has 1 heterocycles. The van der Waals surface area contributed by atoms with Crippen molar-refractivity contribution in [3.05, 3.63) is 89.0 Å². The highest BCUT2D eigenvalue weighted by Crippen LogP contribution is 2.35. The lowest BCUT2D eigenvalue weighted by molar-refractivity contribution is 0.212. The van der Waals surface area contributed by atoms with E-state index in [0.29, 0.717) is 6.61 Å². The molecular weight excluding hydrogens is 408 g/mol. The minimum Gasteiger partial charge on any atom is -0.494 e. The van der Waals surface area contributed by atoms with Crippen LogP contribution < -0.4 is 4.74 Å². The highest BCUT2D eigenvalue weighted by Gasteiger charge is 2.32. The highest BCUT2D eigenvalue weighted by atomic mass is 19.1. The van der Waals surface area contributed by atoms with Gasteiger partial charge in [-0.15, -0.1) is 0 Å². The normalized spacial score (nSPS) is 17.2. The number of benzene rings is 3. The predicted octanol–water partition coefficient (Wildman–Crippen LogP) is 7.27. The molecule has 0 N–H and O–H groups in total. The van der Waals surface area contributed by atoms with E-state index in [4.69, 9.17) is 9.47 Å². The maximum atomic E-state index is 14.1. The van der Waals surface area contributed by atoms with Gasteiger partial charge >= 0.3 is 0 Å². The smallest absolute Gasteiger partial charge is 0.223 e. The Balaban J connectivity index is 0.00000141.